The molecule has 0 aliphatic carbocycles. The summed E-state index contributed by atoms with van der Waals surface area (Å²) in [6.07, 6.45) is -2.96. The van der Waals surface area contributed by atoms with Gasteiger partial charge >= 0.3 is 6.18 Å². The third-order valence-corrected chi connectivity index (χ3v) is 4.67. The zero-order chi connectivity index (χ0) is 20.7. The van der Waals surface area contributed by atoms with Crippen LogP contribution in [0.4, 0.5) is 24.5 Å². The van der Waals surface area contributed by atoms with Crippen molar-refractivity contribution in [2.24, 2.45) is 5.92 Å². The SMILES string of the molecule is CCOCCCNC(=O)C1CCN(c2ccc(C(F)(F)F)cc2[N+](=O)[O-])CC1. The first-order valence-electron chi connectivity index (χ1n) is 9.20. The van der Waals surface area contributed by atoms with E-state index < -0.39 is 22.4 Å². The molecule has 2 rings (SSSR count). The van der Waals surface area contributed by atoms with Crippen LogP contribution >= 0.6 is 0 Å². The maximum atomic E-state index is 12.8. The number of nitro benzene ring substituents is 1. The molecule has 0 radical (unpaired) electrons. The molecule has 1 N–H and O–H groups in total. The summed E-state index contributed by atoms with van der Waals surface area (Å²) in [7, 11) is 0. The van der Waals surface area contributed by atoms with Crippen molar-refractivity contribution >= 4 is 17.3 Å². The molecule has 1 heterocycles. The van der Waals surface area contributed by atoms with E-state index in [9.17, 15) is 28.1 Å². The van der Waals surface area contributed by atoms with E-state index >= 15 is 0 Å². The second-order valence-electron chi connectivity index (χ2n) is 6.56. The Hall–Kier alpha value is -2.36. The molecule has 1 saturated heterocycles. The predicted molar refractivity (Wildman–Crippen MR) is 97.2 cm³/mol. The molecule has 0 atom stereocenters. The van der Waals surface area contributed by atoms with E-state index in [4.69, 9.17) is 4.74 Å². The van der Waals surface area contributed by atoms with Crippen LogP contribution in [-0.2, 0) is 15.7 Å². The Morgan fingerprint density at radius 1 is 1.36 bits per heavy atom. The number of rotatable bonds is 8. The van der Waals surface area contributed by atoms with Crippen molar-refractivity contribution in [1.29, 1.82) is 0 Å². The number of halogens is 3. The average Bonchev–Trinajstić information content (AvgIpc) is 2.66. The van der Waals surface area contributed by atoms with Gasteiger partial charge in [-0.05, 0) is 38.3 Å². The molecule has 0 unspecified atom stereocenters. The number of nitrogens with zero attached hydrogens (tertiary/aromatic N) is 2. The molecule has 0 saturated carbocycles. The first-order valence-corrected chi connectivity index (χ1v) is 9.20. The number of ether oxygens (including phenoxy) is 1. The zero-order valence-electron chi connectivity index (χ0n) is 15.6. The number of amides is 1. The standard InChI is InChI=1S/C18H24F3N3O4/c1-2-28-11-3-8-22-17(25)13-6-9-23(10-7-13)15-5-4-14(18(19,20)21)12-16(15)24(26)27/h4-5,12-13H,2-3,6-11H2,1H3,(H,22,25). The fraction of sp³-hybridized carbons (Fsp3) is 0.611. The number of nitro groups is 1. The second kappa shape index (κ2) is 9.72. The molecule has 0 spiro atoms. The summed E-state index contributed by atoms with van der Waals surface area (Å²) < 4.78 is 43.7. The summed E-state index contributed by atoms with van der Waals surface area (Å²) in [5, 5.41) is 14.1. The van der Waals surface area contributed by atoms with Gasteiger partial charge < -0.3 is 15.0 Å². The second-order valence-corrected chi connectivity index (χ2v) is 6.56. The molecule has 1 fully saturated rings. The number of carbonyl (C=O) groups is 1. The largest absolute Gasteiger partial charge is 0.416 e. The van der Waals surface area contributed by atoms with Crippen molar-refractivity contribution in [3.8, 4) is 0 Å². The summed E-state index contributed by atoms with van der Waals surface area (Å²) in [5.74, 6) is -0.282. The van der Waals surface area contributed by atoms with Crippen LogP contribution < -0.4 is 10.2 Å². The highest BCUT2D eigenvalue weighted by molar-refractivity contribution is 5.79. The number of benzene rings is 1. The number of piperidine rings is 1. The van der Waals surface area contributed by atoms with Crippen LogP contribution in [0.2, 0.25) is 0 Å². The maximum absolute atomic E-state index is 12.8. The van der Waals surface area contributed by atoms with Crippen LogP contribution in [0.5, 0.6) is 0 Å². The van der Waals surface area contributed by atoms with Crippen molar-refractivity contribution in [1.82, 2.24) is 5.32 Å². The summed E-state index contributed by atoms with van der Waals surface area (Å²) >= 11 is 0. The summed E-state index contributed by atoms with van der Waals surface area (Å²) in [4.78, 5) is 24.3. The Morgan fingerprint density at radius 3 is 2.61 bits per heavy atom. The van der Waals surface area contributed by atoms with E-state index in [1.165, 1.54) is 0 Å². The lowest BCUT2D eigenvalue weighted by Gasteiger charge is -2.32. The van der Waals surface area contributed by atoms with Gasteiger partial charge in [0.2, 0.25) is 5.91 Å². The maximum Gasteiger partial charge on any atom is 0.416 e. The Kier molecular flexibility index (Phi) is 7.61. The minimum Gasteiger partial charge on any atom is -0.382 e. The highest BCUT2D eigenvalue weighted by atomic mass is 19.4. The van der Waals surface area contributed by atoms with Crippen LogP contribution in [0.25, 0.3) is 0 Å². The summed E-state index contributed by atoms with van der Waals surface area (Å²) in [5.41, 5.74) is -1.48. The van der Waals surface area contributed by atoms with E-state index in [1.54, 1.807) is 4.90 Å². The van der Waals surface area contributed by atoms with E-state index in [-0.39, 0.29) is 17.5 Å². The third-order valence-electron chi connectivity index (χ3n) is 4.67. The first kappa shape index (κ1) is 21.9. The van der Waals surface area contributed by atoms with Gasteiger partial charge in [-0.3, -0.25) is 14.9 Å². The zero-order valence-corrected chi connectivity index (χ0v) is 15.6. The lowest BCUT2D eigenvalue weighted by molar-refractivity contribution is -0.384. The van der Waals surface area contributed by atoms with E-state index in [1.807, 2.05) is 6.92 Å². The lowest BCUT2D eigenvalue weighted by Crippen LogP contribution is -2.41. The lowest BCUT2D eigenvalue weighted by atomic mass is 9.95. The van der Waals surface area contributed by atoms with E-state index in [0.717, 1.165) is 18.6 Å². The van der Waals surface area contributed by atoms with Crippen molar-refractivity contribution in [2.45, 2.75) is 32.4 Å². The number of alkyl halides is 3. The van der Waals surface area contributed by atoms with Gasteiger partial charge in [-0.1, -0.05) is 0 Å². The van der Waals surface area contributed by atoms with Crippen molar-refractivity contribution in [3.63, 3.8) is 0 Å². The minimum absolute atomic E-state index is 0.0712. The van der Waals surface area contributed by atoms with Gasteiger partial charge in [0.05, 0.1) is 10.5 Å². The molecule has 1 amide bonds. The Bertz CT molecular complexity index is 689. The fourth-order valence-corrected chi connectivity index (χ4v) is 3.17. The first-order chi connectivity index (χ1) is 13.2. The smallest absolute Gasteiger partial charge is 0.382 e. The minimum atomic E-state index is -4.64. The van der Waals surface area contributed by atoms with Gasteiger partial charge in [0.1, 0.15) is 5.69 Å². The third kappa shape index (κ3) is 5.82. The number of hydrogen-bond acceptors (Lipinski definition) is 5. The highest BCUT2D eigenvalue weighted by Crippen LogP contribution is 2.37. The van der Waals surface area contributed by atoms with Gasteiger partial charge in [-0.25, -0.2) is 0 Å². The number of anilines is 1. The van der Waals surface area contributed by atoms with Crippen molar-refractivity contribution < 1.29 is 27.6 Å². The molecule has 10 heteroatoms. The predicted octanol–water partition coefficient (Wildman–Crippen LogP) is 3.37. The average molecular weight is 403 g/mol. The molecule has 7 nitrogen and oxygen atoms in total. The van der Waals surface area contributed by atoms with Gasteiger partial charge in [0, 0.05) is 44.8 Å². The molecule has 1 aromatic rings. The van der Waals surface area contributed by atoms with Gasteiger partial charge in [0.15, 0.2) is 0 Å². The number of nitrogens with one attached hydrogen (secondary N) is 1. The summed E-state index contributed by atoms with van der Waals surface area (Å²) in [6.45, 7) is 4.35. The Balaban J connectivity index is 1.95. The van der Waals surface area contributed by atoms with Crippen molar-refractivity contribution in [3.05, 3.63) is 33.9 Å². The fourth-order valence-electron chi connectivity index (χ4n) is 3.17. The monoisotopic (exact) mass is 403 g/mol. The Labute approximate surface area is 161 Å². The molecular weight excluding hydrogens is 379 g/mol. The molecular formula is C18H24F3N3O4. The van der Waals surface area contributed by atoms with E-state index in [2.05, 4.69) is 5.32 Å². The van der Waals surface area contributed by atoms with Crippen LogP contribution in [0.3, 0.4) is 0 Å². The van der Waals surface area contributed by atoms with Crippen LogP contribution in [0, 0.1) is 16.0 Å². The van der Waals surface area contributed by atoms with Gasteiger partial charge in [-0.2, -0.15) is 13.2 Å². The van der Waals surface area contributed by atoms with Gasteiger partial charge in [0.25, 0.3) is 5.69 Å². The molecule has 0 aromatic heterocycles. The van der Waals surface area contributed by atoms with Crippen molar-refractivity contribution in [2.75, 3.05) is 37.7 Å². The summed E-state index contributed by atoms with van der Waals surface area (Å²) in [6, 6.07) is 2.54. The molecule has 1 aliphatic rings. The normalized spacial score (nSPS) is 15.5. The number of carbonyl (C=O) groups excluding carboxylic acids is 1. The molecule has 1 aliphatic heterocycles. The number of hydrogen-bond donors (Lipinski definition) is 1. The topological polar surface area (TPSA) is 84.7 Å². The molecule has 1 aromatic carbocycles. The molecule has 0 bridgehead atoms. The van der Waals surface area contributed by atoms with Crippen LogP contribution in [0.15, 0.2) is 18.2 Å². The molecule has 28 heavy (non-hydrogen) atoms. The van der Waals surface area contributed by atoms with E-state index in [0.29, 0.717) is 51.8 Å². The van der Waals surface area contributed by atoms with Crippen LogP contribution in [0.1, 0.15) is 31.7 Å². The molecule has 156 valence electrons. The Morgan fingerprint density at radius 2 is 2.04 bits per heavy atom. The highest BCUT2D eigenvalue weighted by Gasteiger charge is 2.34. The van der Waals surface area contributed by atoms with Crippen LogP contribution in [-0.4, -0.2) is 43.7 Å². The quantitative estimate of drug-likeness (QED) is 0.409. The van der Waals surface area contributed by atoms with Gasteiger partial charge in [-0.15, -0.1) is 0 Å².